The van der Waals surface area contributed by atoms with Crippen LogP contribution >= 0.6 is 11.3 Å². The van der Waals surface area contributed by atoms with Gasteiger partial charge in [0.05, 0.1) is 5.69 Å². The average molecular weight is 372 g/mol. The van der Waals surface area contributed by atoms with E-state index in [9.17, 15) is 19.1 Å². The van der Waals surface area contributed by atoms with Crippen molar-refractivity contribution in [3.8, 4) is 17.0 Å². The van der Waals surface area contributed by atoms with Crippen LogP contribution in [0.5, 0.6) is 5.75 Å². The van der Waals surface area contributed by atoms with E-state index in [4.69, 9.17) is 4.74 Å². The van der Waals surface area contributed by atoms with Gasteiger partial charge in [-0.2, -0.15) is 0 Å². The number of benzene rings is 2. The number of hydrogen-bond acceptors (Lipinski definition) is 6. The molecule has 2 N–H and O–H groups in total. The molecule has 0 aliphatic carbocycles. The van der Waals surface area contributed by atoms with E-state index in [0.29, 0.717) is 16.4 Å². The maximum absolute atomic E-state index is 12.9. The molecule has 0 saturated heterocycles. The summed E-state index contributed by atoms with van der Waals surface area (Å²) < 4.78 is 17.8. The van der Waals surface area contributed by atoms with Gasteiger partial charge in [-0.05, 0) is 36.4 Å². The van der Waals surface area contributed by atoms with Crippen LogP contribution in [-0.2, 0) is 9.53 Å². The first-order valence-electron chi connectivity index (χ1n) is 7.49. The number of halogens is 1. The quantitative estimate of drug-likeness (QED) is 0.670. The molecule has 0 spiro atoms. The molecule has 8 heteroatoms. The number of ether oxygens (including phenoxy) is 1. The molecular formula is C18H13FN2O4S. The first-order valence-corrected chi connectivity index (χ1v) is 8.37. The Labute approximate surface area is 151 Å². The minimum Gasteiger partial charge on any atom is -0.507 e. The topological polar surface area (TPSA) is 88.5 Å². The summed E-state index contributed by atoms with van der Waals surface area (Å²) in [6.45, 7) is -0.515. The summed E-state index contributed by atoms with van der Waals surface area (Å²) in [7, 11) is 0. The van der Waals surface area contributed by atoms with Crippen molar-refractivity contribution in [2.24, 2.45) is 0 Å². The average Bonchev–Trinajstić information content (AvgIpc) is 3.09. The number of rotatable bonds is 5. The number of esters is 1. The van der Waals surface area contributed by atoms with Crippen LogP contribution in [0.1, 0.15) is 10.4 Å². The number of carbonyl (C=O) groups is 2. The third-order valence-corrected chi connectivity index (χ3v) is 4.11. The number of amides is 1. The summed E-state index contributed by atoms with van der Waals surface area (Å²) in [5.74, 6) is -1.93. The van der Waals surface area contributed by atoms with Gasteiger partial charge < -0.3 is 9.84 Å². The van der Waals surface area contributed by atoms with Crippen molar-refractivity contribution in [2.75, 3.05) is 11.9 Å². The van der Waals surface area contributed by atoms with Crippen molar-refractivity contribution < 1.29 is 23.8 Å². The zero-order chi connectivity index (χ0) is 18.5. The molecule has 3 aromatic rings. The monoisotopic (exact) mass is 372 g/mol. The van der Waals surface area contributed by atoms with Gasteiger partial charge in [0.2, 0.25) is 0 Å². The number of phenolic OH excluding ortho intramolecular Hbond substituents is 1. The number of nitrogens with zero attached hydrogens (tertiary/aromatic N) is 1. The highest BCUT2D eigenvalue weighted by Gasteiger charge is 2.14. The molecule has 2 aromatic carbocycles. The third-order valence-electron chi connectivity index (χ3n) is 3.35. The lowest BCUT2D eigenvalue weighted by atomic mass is 10.2. The van der Waals surface area contributed by atoms with Gasteiger partial charge in [-0.3, -0.25) is 10.1 Å². The number of aromatic hydroxyl groups is 1. The van der Waals surface area contributed by atoms with Crippen molar-refractivity contribution in [1.29, 1.82) is 0 Å². The van der Waals surface area contributed by atoms with Crippen LogP contribution < -0.4 is 5.32 Å². The fourth-order valence-corrected chi connectivity index (χ4v) is 2.83. The highest BCUT2D eigenvalue weighted by Crippen LogP contribution is 2.25. The van der Waals surface area contributed by atoms with Crippen LogP contribution in [-0.4, -0.2) is 28.6 Å². The maximum Gasteiger partial charge on any atom is 0.342 e. The van der Waals surface area contributed by atoms with Crippen molar-refractivity contribution in [3.63, 3.8) is 0 Å². The minimum absolute atomic E-state index is 0.0202. The number of nitrogens with one attached hydrogen (secondary N) is 1. The molecule has 0 aliphatic heterocycles. The molecule has 1 heterocycles. The second-order valence-electron chi connectivity index (χ2n) is 5.19. The fraction of sp³-hybridized carbons (Fsp3) is 0.0556. The summed E-state index contributed by atoms with van der Waals surface area (Å²) in [6.07, 6.45) is 0. The lowest BCUT2D eigenvalue weighted by Crippen LogP contribution is -2.20. The Morgan fingerprint density at radius 2 is 1.88 bits per heavy atom. The predicted molar refractivity (Wildman–Crippen MR) is 94.5 cm³/mol. The van der Waals surface area contributed by atoms with E-state index in [-0.39, 0.29) is 17.1 Å². The molecule has 1 amide bonds. The molecule has 0 radical (unpaired) electrons. The van der Waals surface area contributed by atoms with Crippen molar-refractivity contribution in [3.05, 3.63) is 65.3 Å². The molecule has 132 valence electrons. The van der Waals surface area contributed by atoms with E-state index >= 15 is 0 Å². The zero-order valence-electron chi connectivity index (χ0n) is 13.3. The van der Waals surface area contributed by atoms with E-state index in [1.807, 2.05) is 0 Å². The first kappa shape index (κ1) is 17.6. The Kier molecular flexibility index (Phi) is 5.23. The minimum atomic E-state index is -0.801. The van der Waals surface area contributed by atoms with Crippen molar-refractivity contribution in [1.82, 2.24) is 4.98 Å². The van der Waals surface area contributed by atoms with Crippen LogP contribution in [0.2, 0.25) is 0 Å². The number of hydrogen-bond donors (Lipinski definition) is 2. The second-order valence-corrected chi connectivity index (χ2v) is 6.04. The summed E-state index contributed by atoms with van der Waals surface area (Å²) >= 11 is 1.19. The SMILES string of the molecule is O=C(COC(=O)c1ccccc1O)Nc1nc(-c2ccc(F)cc2)cs1. The molecule has 0 unspecified atom stereocenters. The zero-order valence-corrected chi connectivity index (χ0v) is 14.1. The van der Waals surface area contributed by atoms with E-state index in [2.05, 4.69) is 10.3 Å². The highest BCUT2D eigenvalue weighted by atomic mass is 32.1. The number of phenols is 1. The van der Waals surface area contributed by atoms with Crippen LogP contribution in [0.3, 0.4) is 0 Å². The Morgan fingerprint density at radius 1 is 1.15 bits per heavy atom. The third kappa shape index (κ3) is 4.22. The largest absolute Gasteiger partial charge is 0.507 e. The van der Waals surface area contributed by atoms with Gasteiger partial charge in [-0.1, -0.05) is 12.1 Å². The maximum atomic E-state index is 12.9. The van der Waals surface area contributed by atoms with Gasteiger partial charge in [-0.15, -0.1) is 11.3 Å². The summed E-state index contributed by atoms with van der Waals surface area (Å²) in [4.78, 5) is 28.0. The van der Waals surface area contributed by atoms with Crippen molar-refractivity contribution >= 4 is 28.3 Å². The summed E-state index contributed by atoms with van der Waals surface area (Å²) in [5, 5.41) is 14.1. The Hall–Kier alpha value is -3.26. The fourth-order valence-electron chi connectivity index (χ4n) is 2.09. The number of aromatic nitrogens is 1. The molecule has 0 bridgehead atoms. The predicted octanol–water partition coefficient (Wildman–Crippen LogP) is 3.45. The van der Waals surface area contributed by atoms with Gasteiger partial charge in [0, 0.05) is 10.9 Å². The van der Waals surface area contributed by atoms with Crippen molar-refractivity contribution in [2.45, 2.75) is 0 Å². The van der Waals surface area contributed by atoms with Crippen LogP contribution in [0.4, 0.5) is 9.52 Å². The first-order chi connectivity index (χ1) is 12.5. The lowest BCUT2D eigenvalue weighted by Gasteiger charge is -2.05. The Bertz CT molecular complexity index is 940. The lowest BCUT2D eigenvalue weighted by molar-refractivity contribution is -0.119. The van der Waals surface area contributed by atoms with E-state index in [0.717, 1.165) is 0 Å². The second kappa shape index (κ2) is 7.75. The summed E-state index contributed by atoms with van der Waals surface area (Å²) in [5.41, 5.74) is 1.29. The van der Waals surface area contributed by atoms with Crippen LogP contribution in [0.15, 0.2) is 53.9 Å². The number of para-hydroxylation sites is 1. The van der Waals surface area contributed by atoms with Crippen LogP contribution in [0.25, 0.3) is 11.3 Å². The number of carbonyl (C=O) groups excluding carboxylic acids is 2. The molecular weight excluding hydrogens is 359 g/mol. The summed E-state index contributed by atoms with van der Waals surface area (Å²) in [6, 6.07) is 11.7. The van der Waals surface area contributed by atoms with Gasteiger partial charge in [0.25, 0.3) is 5.91 Å². The van der Waals surface area contributed by atoms with Crippen LogP contribution in [0, 0.1) is 5.82 Å². The number of thiazole rings is 1. The standard InChI is InChI=1S/C18H13FN2O4S/c19-12-7-5-11(6-8-12)14-10-26-18(20-14)21-16(23)9-25-17(24)13-3-1-2-4-15(13)22/h1-8,10,22H,9H2,(H,20,21,23). The Morgan fingerprint density at radius 3 is 2.62 bits per heavy atom. The highest BCUT2D eigenvalue weighted by molar-refractivity contribution is 7.14. The van der Waals surface area contributed by atoms with Gasteiger partial charge in [0.15, 0.2) is 11.7 Å². The molecule has 6 nitrogen and oxygen atoms in total. The molecule has 0 aliphatic rings. The van der Waals surface area contributed by atoms with E-state index in [1.165, 1.54) is 35.6 Å². The molecule has 3 rings (SSSR count). The normalized spacial score (nSPS) is 10.3. The smallest absolute Gasteiger partial charge is 0.342 e. The molecule has 0 saturated carbocycles. The van der Waals surface area contributed by atoms with E-state index < -0.39 is 18.5 Å². The molecule has 0 atom stereocenters. The van der Waals surface area contributed by atoms with Gasteiger partial charge >= 0.3 is 5.97 Å². The molecule has 0 fully saturated rings. The van der Waals surface area contributed by atoms with Gasteiger partial charge in [-0.25, -0.2) is 14.2 Å². The molecule has 1 aromatic heterocycles. The Balaban J connectivity index is 1.56. The molecule has 26 heavy (non-hydrogen) atoms. The van der Waals surface area contributed by atoms with Gasteiger partial charge in [0.1, 0.15) is 17.1 Å². The van der Waals surface area contributed by atoms with E-state index in [1.54, 1.807) is 29.6 Å². The number of anilines is 1.